The Labute approximate surface area is 106 Å². The van der Waals surface area contributed by atoms with E-state index in [4.69, 9.17) is 5.73 Å². The lowest BCUT2D eigenvalue weighted by atomic mass is 9.99. The first-order chi connectivity index (χ1) is 8.49. The molecule has 0 bridgehead atoms. The lowest BCUT2D eigenvalue weighted by molar-refractivity contribution is -0.384. The number of rotatable bonds is 2. The van der Waals surface area contributed by atoms with Crippen LogP contribution in [0.1, 0.15) is 25.3 Å². The second-order valence-corrected chi connectivity index (χ2v) is 4.94. The molecular weight excluding hydrogens is 232 g/mol. The maximum absolute atomic E-state index is 11.1. The Morgan fingerprint density at radius 1 is 1.61 bits per heavy atom. The van der Waals surface area contributed by atoms with Gasteiger partial charge >= 0.3 is 5.69 Å². The van der Waals surface area contributed by atoms with Crippen LogP contribution in [0.5, 0.6) is 0 Å². The molecule has 1 aliphatic heterocycles. The third kappa shape index (κ3) is 2.43. The van der Waals surface area contributed by atoms with Crippen LogP contribution in [0.25, 0.3) is 0 Å². The number of nitrogens with zero attached hydrogens (tertiary/aromatic N) is 3. The molecule has 18 heavy (non-hydrogen) atoms. The van der Waals surface area contributed by atoms with E-state index in [9.17, 15) is 10.1 Å². The van der Waals surface area contributed by atoms with Crippen molar-refractivity contribution >= 4 is 11.5 Å². The standard InChI is InChI=1S/C12H18N4O2/c1-8-5-11(16(17)18)12(14-7-8)15-4-3-10(13)6-9(15)2/h5,7,9-10H,3-4,6,13H2,1-2H3. The number of hydrogen-bond acceptors (Lipinski definition) is 5. The molecule has 2 rings (SSSR count). The summed E-state index contributed by atoms with van der Waals surface area (Å²) < 4.78 is 0. The molecule has 1 aliphatic rings. The van der Waals surface area contributed by atoms with E-state index in [1.54, 1.807) is 19.2 Å². The molecule has 2 N–H and O–H groups in total. The zero-order valence-electron chi connectivity index (χ0n) is 10.7. The fourth-order valence-corrected chi connectivity index (χ4v) is 2.43. The van der Waals surface area contributed by atoms with Crippen LogP contribution in [0.4, 0.5) is 11.5 Å². The summed E-state index contributed by atoms with van der Waals surface area (Å²) in [6, 6.07) is 1.94. The molecule has 0 saturated carbocycles. The van der Waals surface area contributed by atoms with Gasteiger partial charge in [0.15, 0.2) is 0 Å². The lowest BCUT2D eigenvalue weighted by Gasteiger charge is -2.36. The van der Waals surface area contributed by atoms with Gasteiger partial charge in [-0.2, -0.15) is 0 Å². The van der Waals surface area contributed by atoms with Gasteiger partial charge in [0.1, 0.15) is 0 Å². The zero-order valence-corrected chi connectivity index (χ0v) is 10.7. The first kappa shape index (κ1) is 12.8. The molecule has 0 aromatic carbocycles. The largest absolute Gasteiger partial charge is 0.348 e. The molecule has 1 fully saturated rings. The van der Waals surface area contributed by atoms with Crippen molar-refractivity contribution in [2.24, 2.45) is 5.73 Å². The van der Waals surface area contributed by atoms with Crippen molar-refractivity contribution in [3.05, 3.63) is 27.9 Å². The van der Waals surface area contributed by atoms with E-state index in [0.717, 1.165) is 24.9 Å². The fourth-order valence-electron chi connectivity index (χ4n) is 2.43. The fraction of sp³-hybridized carbons (Fsp3) is 0.583. The van der Waals surface area contributed by atoms with Crippen LogP contribution < -0.4 is 10.6 Å². The summed E-state index contributed by atoms with van der Waals surface area (Å²) in [5, 5.41) is 11.1. The maximum Gasteiger partial charge on any atom is 0.311 e. The second-order valence-electron chi connectivity index (χ2n) is 4.94. The number of pyridine rings is 1. The van der Waals surface area contributed by atoms with Crippen molar-refractivity contribution in [1.29, 1.82) is 0 Å². The van der Waals surface area contributed by atoms with Gasteiger partial charge in [-0.1, -0.05) is 0 Å². The molecule has 1 saturated heterocycles. The van der Waals surface area contributed by atoms with Gasteiger partial charge in [-0.15, -0.1) is 0 Å². The van der Waals surface area contributed by atoms with Crippen molar-refractivity contribution in [1.82, 2.24) is 4.98 Å². The SMILES string of the molecule is Cc1cnc(N2CCC(N)CC2C)c([N+](=O)[O-])c1. The van der Waals surface area contributed by atoms with Gasteiger partial charge in [0.05, 0.1) is 4.92 Å². The minimum absolute atomic E-state index is 0.0809. The first-order valence-corrected chi connectivity index (χ1v) is 6.12. The average molecular weight is 250 g/mol. The molecule has 2 atom stereocenters. The number of aromatic nitrogens is 1. The van der Waals surface area contributed by atoms with Crippen molar-refractivity contribution in [2.75, 3.05) is 11.4 Å². The highest BCUT2D eigenvalue weighted by atomic mass is 16.6. The van der Waals surface area contributed by atoms with Crippen LogP contribution in [0, 0.1) is 17.0 Å². The van der Waals surface area contributed by atoms with Gasteiger partial charge in [-0.05, 0) is 32.3 Å². The minimum atomic E-state index is -0.364. The van der Waals surface area contributed by atoms with E-state index in [1.165, 1.54) is 0 Å². The maximum atomic E-state index is 11.1. The van der Waals surface area contributed by atoms with E-state index in [2.05, 4.69) is 4.98 Å². The van der Waals surface area contributed by atoms with E-state index >= 15 is 0 Å². The molecule has 6 nitrogen and oxygen atoms in total. The van der Waals surface area contributed by atoms with Gasteiger partial charge in [-0.3, -0.25) is 10.1 Å². The quantitative estimate of drug-likeness (QED) is 0.636. The summed E-state index contributed by atoms with van der Waals surface area (Å²) in [6.45, 7) is 4.56. The summed E-state index contributed by atoms with van der Waals surface area (Å²) in [7, 11) is 0. The summed E-state index contributed by atoms with van der Waals surface area (Å²) >= 11 is 0. The van der Waals surface area contributed by atoms with Crippen LogP contribution in [0.3, 0.4) is 0 Å². The van der Waals surface area contributed by atoms with Crippen LogP contribution >= 0.6 is 0 Å². The van der Waals surface area contributed by atoms with E-state index < -0.39 is 0 Å². The van der Waals surface area contributed by atoms with Crippen LogP contribution in [-0.2, 0) is 0 Å². The smallest absolute Gasteiger partial charge is 0.311 e. The number of nitro groups is 1. The Morgan fingerprint density at radius 3 is 2.94 bits per heavy atom. The first-order valence-electron chi connectivity index (χ1n) is 6.12. The number of hydrogen-bond donors (Lipinski definition) is 1. The molecule has 2 heterocycles. The van der Waals surface area contributed by atoms with Crippen molar-refractivity contribution in [2.45, 2.75) is 38.8 Å². The van der Waals surface area contributed by atoms with Gasteiger partial charge in [0, 0.05) is 30.9 Å². The number of anilines is 1. The second kappa shape index (κ2) is 4.89. The highest BCUT2D eigenvalue weighted by Gasteiger charge is 2.29. The molecule has 1 aromatic rings. The number of piperidine rings is 1. The minimum Gasteiger partial charge on any atom is -0.348 e. The normalized spacial score (nSPS) is 24.1. The monoisotopic (exact) mass is 250 g/mol. The number of nitrogens with two attached hydrogens (primary N) is 1. The van der Waals surface area contributed by atoms with E-state index in [1.807, 2.05) is 11.8 Å². The van der Waals surface area contributed by atoms with Crippen molar-refractivity contribution < 1.29 is 4.92 Å². The molecule has 6 heteroatoms. The van der Waals surface area contributed by atoms with Gasteiger partial charge in [-0.25, -0.2) is 4.98 Å². The third-order valence-electron chi connectivity index (χ3n) is 3.37. The summed E-state index contributed by atoms with van der Waals surface area (Å²) in [5.41, 5.74) is 6.79. The van der Waals surface area contributed by atoms with Gasteiger partial charge in [0.2, 0.25) is 5.82 Å². The Hall–Kier alpha value is -1.69. The predicted molar refractivity (Wildman–Crippen MR) is 69.6 cm³/mol. The molecule has 1 aromatic heterocycles. The Morgan fingerprint density at radius 2 is 2.33 bits per heavy atom. The summed E-state index contributed by atoms with van der Waals surface area (Å²) in [5.74, 6) is 0.463. The highest BCUT2D eigenvalue weighted by Crippen LogP contribution is 2.30. The molecule has 0 amide bonds. The third-order valence-corrected chi connectivity index (χ3v) is 3.37. The van der Waals surface area contributed by atoms with Gasteiger partial charge in [0.25, 0.3) is 0 Å². The molecule has 0 radical (unpaired) electrons. The van der Waals surface area contributed by atoms with Crippen LogP contribution in [0.2, 0.25) is 0 Å². The zero-order chi connectivity index (χ0) is 13.3. The topological polar surface area (TPSA) is 85.3 Å². The van der Waals surface area contributed by atoms with Crippen molar-refractivity contribution in [3.8, 4) is 0 Å². The molecule has 0 spiro atoms. The van der Waals surface area contributed by atoms with Crippen LogP contribution in [0.15, 0.2) is 12.3 Å². The molecule has 0 aliphatic carbocycles. The Balaban J connectivity index is 2.35. The highest BCUT2D eigenvalue weighted by molar-refractivity contribution is 5.59. The molecule has 98 valence electrons. The Kier molecular flexibility index (Phi) is 3.47. The van der Waals surface area contributed by atoms with Crippen molar-refractivity contribution in [3.63, 3.8) is 0 Å². The number of aryl methyl sites for hydroxylation is 1. The average Bonchev–Trinajstić information content (AvgIpc) is 2.29. The van der Waals surface area contributed by atoms with Gasteiger partial charge < -0.3 is 10.6 Å². The predicted octanol–water partition coefficient (Wildman–Crippen LogP) is 1.61. The molecule has 2 unspecified atom stereocenters. The van der Waals surface area contributed by atoms with E-state index in [-0.39, 0.29) is 22.7 Å². The molecular formula is C12H18N4O2. The van der Waals surface area contributed by atoms with Crippen LogP contribution in [-0.4, -0.2) is 28.5 Å². The lowest BCUT2D eigenvalue weighted by Crippen LogP contribution is -2.46. The Bertz CT molecular complexity index is 463. The summed E-state index contributed by atoms with van der Waals surface area (Å²) in [6.07, 6.45) is 3.35. The van der Waals surface area contributed by atoms with E-state index in [0.29, 0.717) is 5.82 Å². The summed E-state index contributed by atoms with van der Waals surface area (Å²) in [4.78, 5) is 17.0.